The molecule has 0 spiro atoms. The average Bonchev–Trinajstić information content (AvgIpc) is 3.18. The number of hydrogen-bond donors (Lipinski definition) is 0. The first-order valence-corrected chi connectivity index (χ1v) is 9.06. The van der Waals surface area contributed by atoms with Gasteiger partial charge in [-0.1, -0.05) is 0 Å². The van der Waals surface area contributed by atoms with Crippen LogP contribution in [0.5, 0.6) is 0 Å². The summed E-state index contributed by atoms with van der Waals surface area (Å²) in [6.07, 6.45) is 1.18. The number of nitrogens with zero attached hydrogens (tertiary/aromatic N) is 6. The van der Waals surface area contributed by atoms with Gasteiger partial charge in [-0.25, -0.2) is 14.6 Å². The molecule has 0 aromatic carbocycles. The molecular weight excluding hydrogens is 385 g/mol. The van der Waals surface area contributed by atoms with Crippen molar-refractivity contribution in [1.82, 2.24) is 24.7 Å². The molecule has 1 atom stereocenters. The topological polar surface area (TPSA) is 76.8 Å². The van der Waals surface area contributed by atoms with E-state index >= 15 is 0 Å². The smallest absolute Gasteiger partial charge is 0.352 e. The summed E-state index contributed by atoms with van der Waals surface area (Å²) in [6, 6.07) is 7.42. The molecule has 1 saturated heterocycles. The van der Waals surface area contributed by atoms with Gasteiger partial charge >= 0.3 is 6.18 Å². The maximum absolute atomic E-state index is 13.0. The molecule has 0 aliphatic carbocycles. The molecule has 0 N–H and O–H groups in total. The van der Waals surface area contributed by atoms with Gasteiger partial charge in [0.2, 0.25) is 0 Å². The highest BCUT2D eigenvalue weighted by atomic mass is 19.4. The molecule has 10 heteroatoms. The van der Waals surface area contributed by atoms with Crippen LogP contribution in [-0.2, 0) is 12.7 Å². The van der Waals surface area contributed by atoms with Crippen LogP contribution in [0.15, 0.2) is 53.8 Å². The van der Waals surface area contributed by atoms with Crippen LogP contribution in [0.1, 0.15) is 18.5 Å². The van der Waals surface area contributed by atoms with Gasteiger partial charge in [0.1, 0.15) is 17.8 Å². The van der Waals surface area contributed by atoms with E-state index in [1.807, 2.05) is 6.07 Å². The molecule has 0 radical (unpaired) electrons. The van der Waals surface area contributed by atoms with E-state index in [0.29, 0.717) is 12.2 Å². The quantitative estimate of drug-likeness (QED) is 0.668. The molecule has 29 heavy (non-hydrogen) atoms. The predicted octanol–water partition coefficient (Wildman–Crippen LogP) is 2.78. The maximum atomic E-state index is 13.0. The van der Waals surface area contributed by atoms with Crippen molar-refractivity contribution in [3.05, 3.63) is 65.1 Å². The highest BCUT2D eigenvalue weighted by Gasteiger charge is 2.34. The summed E-state index contributed by atoms with van der Waals surface area (Å²) in [5, 5.41) is 4.42. The van der Waals surface area contributed by atoms with Crippen LogP contribution in [0.4, 0.5) is 19.0 Å². The molecule has 0 saturated carbocycles. The third-order valence-corrected chi connectivity index (χ3v) is 4.82. The monoisotopic (exact) mass is 402 g/mol. The number of hydrogen-bond acceptors (Lipinski definition) is 6. The highest BCUT2D eigenvalue weighted by Crippen LogP contribution is 2.31. The Labute approximate surface area is 163 Å². The second kappa shape index (κ2) is 7.61. The van der Waals surface area contributed by atoms with Gasteiger partial charge in [-0.05, 0) is 31.0 Å². The van der Waals surface area contributed by atoms with Crippen LogP contribution < -0.4 is 10.5 Å². The number of aromatic nitrogens is 5. The van der Waals surface area contributed by atoms with Crippen molar-refractivity contribution in [2.45, 2.75) is 31.6 Å². The highest BCUT2D eigenvalue weighted by molar-refractivity contribution is 5.56. The van der Waals surface area contributed by atoms with Crippen LogP contribution in [0.3, 0.4) is 0 Å². The Hall–Kier alpha value is -3.30. The van der Waals surface area contributed by atoms with E-state index in [1.165, 1.54) is 10.7 Å². The van der Waals surface area contributed by atoms with E-state index < -0.39 is 11.9 Å². The predicted molar refractivity (Wildman–Crippen MR) is 99.1 cm³/mol. The molecule has 3 aromatic heterocycles. The molecule has 4 heterocycles. The number of alkyl halides is 3. The van der Waals surface area contributed by atoms with Crippen LogP contribution in [-0.4, -0.2) is 37.3 Å². The number of anilines is 1. The standard InChI is InChI=1S/C19H17F3N6O/c20-19(21,22)16-9-17(25-12-24-16)27-8-2-4-14(27)11-28-18(29)6-5-15(26-28)13-3-1-7-23-10-13/h1,3,5-7,9-10,12,14H,2,4,8,11H2. The van der Waals surface area contributed by atoms with Gasteiger partial charge in [0.15, 0.2) is 0 Å². The van der Waals surface area contributed by atoms with Crippen LogP contribution in [0.25, 0.3) is 11.3 Å². The van der Waals surface area contributed by atoms with Gasteiger partial charge < -0.3 is 4.90 Å². The Balaban J connectivity index is 1.60. The fourth-order valence-electron chi connectivity index (χ4n) is 3.43. The lowest BCUT2D eigenvalue weighted by atomic mass is 10.2. The van der Waals surface area contributed by atoms with Gasteiger partial charge in [-0.3, -0.25) is 9.78 Å². The Morgan fingerprint density at radius 3 is 2.79 bits per heavy atom. The van der Waals surface area contributed by atoms with Crippen molar-refractivity contribution < 1.29 is 13.2 Å². The molecule has 4 rings (SSSR count). The van der Waals surface area contributed by atoms with Crippen LogP contribution in [0, 0.1) is 0 Å². The molecule has 0 bridgehead atoms. The minimum absolute atomic E-state index is 0.194. The van der Waals surface area contributed by atoms with E-state index in [2.05, 4.69) is 20.1 Å². The average molecular weight is 402 g/mol. The molecule has 3 aromatic rings. The van der Waals surface area contributed by atoms with Gasteiger partial charge in [0.05, 0.1) is 18.3 Å². The van der Waals surface area contributed by atoms with Crippen molar-refractivity contribution in [2.75, 3.05) is 11.4 Å². The lowest BCUT2D eigenvalue weighted by Gasteiger charge is -2.26. The molecule has 150 valence electrons. The lowest BCUT2D eigenvalue weighted by molar-refractivity contribution is -0.141. The molecule has 0 amide bonds. The van der Waals surface area contributed by atoms with Crippen molar-refractivity contribution in [3.63, 3.8) is 0 Å². The molecule has 7 nitrogen and oxygen atoms in total. The Bertz CT molecular complexity index is 1050. The lowest BCUT2D eigenvalue weighted by Crippen LogP contribution is -2.37. The SMILES string of the molecule is O=c1ccc(-c2cccnc2)nn1CC1CCCN1c1cc(C(F)(F)F)ncn1. The summed E-state index contributed by atoms with van der Waals surface area (Å²) >= 11 is 0. The van der Waals surface area contributed by atoms with Crippen molar-refractivity contribution in [1.29, 1.82) is 0 Å². The number of halogens is 3. The van der Waals surface area contributed by atoms with E-state index in [1.54, 1.807) is 29.4 Å². The van der Waals surface area contributed by atoms with Gasteiger partial charge in [-0.15, -0.1) is 0 Å². The fourth-order valence-corrected chi connectivity index (χ4v) is 3.43. The zero-order valence-corrected chi connectivity index (χ0v) is 15.3. The third-order valence-electron chi connectivity index (χ3n) is 4.82. The first kappa shape index (κ1) is 19.0. The fraction of sp³-hybridized carbons (Fsp3) is 0.316. The van der Waals surface area contributed by atoms with E-state index in [4.69, 9.17) is 0 Å². The van der Waals surface area contributed by atoms with Crippen molar-refractivity contribution in [2.24, 2.45) is 0 Å². The summed E-state index contributed by atoms with van der Waals surface area (Å²) in [4.78, 5) is 25.5. The Kier molecular flexibility index (Phi) is 4.99. The normalized spacial score (nSPS) is 16.9. The summed E-state index contributed by atoms with van der Waals surface area (Å²) in [7, 11) is 0. The second-order valence-corrected chi connectivity index (χ2v) is 6.73. The van der Waals surface area contributed by atoms with Gasteiger partial charge in [0, 0.05) is 36.6 Å². The van der Waals surface area contributed by atoms with Crippen LogP contribution in [0.2, 0.25) is 0 Å². The maximum Gasteiger partial charge on any atom is 0.433 e. The van der Waals surface area contributed by atoms with E-state index in [-0.39, 0.29) is 24.0 Å². The van der Waals surface area contributed by atoms with Crippen LogP contribution >= 0.6 is 0 Å². The third kappa shape index (κ3) is 4.10. The molecular formula is C19H17F3N6O. The molecule has 1 fully saturated rings. The van der Waals surface area contributed by atoms with Crippen molar-refractivity contribution in [3.8, 4) is 11.3 Å². The number of rotatable bonds is 4. The molecule has 1 aliphatic heterocycles. The summed E-state index contributed by atoms with van der Waals surface area (Å²) < 4.78 is 40.3. The molecule has 1 unspecified atom stereocenters. The Morgan fingerprint density at radius 1 is 1.17 bits per heavy atom. The zero-order valence-electron chi connectivity index (χ0n) is 15.3. The second-order valence-electron chi connectivity index (χ2n) is 6.73. The van der Waals surface area contributed by atoms with E-state index in [9.17, 15) is 18.0 Å². The molecule has 1 aliphatic rings. The summed E-state index contributed by atoms with van der Waals surface area (Å²) in [5.74, 6) is 0.200. The first-order valence-electron chi connectivity index (χ1n) is 9.06. The number of pyridine rings is 1. The van der Waals surface area contributed by atoms with Gasteiger partial charge in [0.25, 0.3) is 5.56 Å². The van der Waals surface area contributed by atoms with E-state index in [0.717, 1.165) is 30.8 Å². The summed E-state index contributed by atoms with van der Waals surface area (Å²) in [5.41, 5.74) is 0.115. The van der Waals surface area contributed by atoms with Gasteiger partial charge in [-0.2, -0.15) is 18.3 Å². The van der Waals surface area contributed by atoms with Crippen molar-refractivity contribution >= 4 is 5.82 Å². The zero-order chi connectivity index (χ0) is 20.4. The minimum atomic E-state index is -4.54. The largest absolute Gasteiger partial charge is 0.433 e. The Morgan fingerprint density at radius 2 is 2.03 bits per heavy atom. The first-order chi connectivity index (χ1) is 13.9. The summed E-state index contributed by atoms with van der Waals surface area (Å²) in [6.45, 7) is 0.800. The minimum Gasteiger partial charge on any atom is -0.352 e.